The summed E-state index contributed by atoms with van der Waals surface area (Å²) in [5.41, 5.74) is 12.3. The van der Waals surface area contributed by atoms with Crippen LogP contribution in [0.2, 0.25) is 19.6 Å². The van der Waals surface area contributed by atoms with Crippen molar-refractivity contribution >= 4 is 35.2 Å². The topological polar surface area (TPSA) is 38.9 Å². The molecule has 0 atom stereocenters. The quantitative estimate of drug-likeness (QED) is 0.118. The van der Waals surface area contributed by atoms with E-state index in [2.05, 4.69) is 131 Å². The van der Waals surface area contributed by atoms with Gasteiger partial charge in [0.05, 0.1) is 13.7 Å². The first-order valence-corrected chi connectivity index (χ1v) is 23.8. The van der Waals surface area contributed by atoms with Gasteiger partial charge in [0.25, 0.3) is 0 Å². The third kappa shape index (κ3) is 10.1. The molecule has 8 rings (SSSR count). The molecule has 0 unspecified atom stereocenters. The summed E-state index contributed by atoms with van der Waals surface area (Å²) in [5, 5.41) is 3.67. The first-order chi connectivity index (χ1) is 26.7. The van der Waals surface area contributed by atoms with Gasteiger partial charge < -0.3 is 14.4 Å². The van der Waals surface area contributed by atoms with Crippen LogP contribution in [0.5, 0.6) is 0 Å². The molecule has 0 aliphatic heterocycles. The molecule has 3 aromatic heterocycles. The summed E-state index contributed by atoms with van der Waals surface area (Å²) in [5.74, 6) is 0.608. The summed E-state index contributed by atoms with van der Waals surface area (Å²) < 4.78 is 20.4. The zero-order chi connectivity index (χ0) is 39.6. The van der Waals surface area contributed by atoms with Gasteiger partial charge in [-0.15, -0.1) is 42.0 Å². The van der Waals surface area contributed by atoms with Gasteiger partial charge >= 0.3 is 0 Å². The molecule has 3 nitrogen and oxygen atoms in total. The number of halogens is 1. The summed E-state index contributed by atoms with van der Waals surface area (Å²) in [7, 11) is -1.45. The van der Waals surface area contributed by atoms with Crippen molar-refractivity contribution in [2.24, 2.45) is 11.3 Å². The normalized spacial score (nSPS) is 13.6. The molecule has 6 heteroatoms. The third-order valence-electron chi connectivity index (χ3n) is 11.1. The van der Waals surface area contributed by atoms with Gasteiger partial charge in [-0.05, 0) is 70.4 Å². The second kappa shape index (κ2) is 17.7. The average Bonchev–Trinajstić information content (AvgIpc) is 3.55. The van der Waals surface area contributed by atoms with Crippen LogP contribution >= 0.6 is 0 Å². The fourth-order valence-corrected chi connectivity index (χ4v) is 9.67. The van der Waals surface area contributed by atoms with Crippen molar-refractivity contribution in [1.82, 2.24) is 9.97 Å². The number of hydrogen-bond acceptors (Lipinski definition) is 3. The predicted molar refractivity (Wildman–Crippen MR) is 236 cm³/mol. The number of benzene rings is 4. The monoisotopic (exact) mass is 951 g/mol. The minimum Gasteiger partial charge on any atom is -0.501 e. The number of rotatable bonds is 7. The number of furan rings is 1. The molecule has 3 heterocycles. The molecule has 0 N–H and O–H groups in total. The van der Waals surface area contributed by atoms with Crippen molar-refractivity contribution in [2.75, 3.05) is 0 Å². The smallest absolute Gasteiger partial charge is 0.121 e. The molecular formula is C51H55FIrN2OSi-2. The maximum atomic E-state index is 14.0. The fourth-order valence-electron chi connectivity index (χ4n) is 8.08. The van der Waals surface area contributed by atoms with Crippen molar-refractivity contribution in [3.05, 3.63) is 138 Å². The van der Waals surface area contributed by atoms with E-state index >= 15 is 0 Å². The van der Waals surface area contributed by atoms with Crippen LogP contribution in [-0.4, -0.2) is 18.0 Å². The molecular weight excluding hydrogens is 896 g/mol. The minimum absolute atomic E-state index is 0. The van der Waals surface area contributed by atoms with Gasteiger partial charge in [-0.25, -0.2) is 4.39 Å². The number of aryl methyl sites for hydroxylation is 2. The van der Waals surface area contributed by atoms with E-state index in [1.807, 2.05) is 18.3 Å². The van der Waals surface area contributed by atoms with Crippen LogP contribution in [0.4, 0.5) is 4.39 Å². The zero-order valence-corrected chi connectivity index (χ0v) is 38.2. The van der Waals surface area contributed by atoms with Crippen LogP contribution in [0.1, 0.15) is 75.1 Å². The van der Waals surface area contributed by atoms with Gasteiger partial charge in [0.2, 0.25) is 0 Å². The van der Waals surface area contributed by atoms with E-state index in [-0.39, 0.29) is 31.3 Å². The number of fused-ring (bicyclic) bond motifs is 3. The van der Waals surface area contributed by atoms with E-state index in [0.717, 1.165) is 68.8 Å². The Morgan fingerprint density at radius 1 is 0.772 bits per heavy atom. The van der Waals surface area contributed by atoms with Gasteiger partial charge in [0.15, 0.2) is 0 Å². The van der Waals surface area contributed by atoms with Crippen LogP contribution in [0.3, 0.4) is 0 Å². The molecule has 1 radical (unpaired) electrons. The van der Waals surface area contributed by atoms with Crippen molar-refractivity contribution in [3.8, 4) is 33.6 Å². The van der Waals surface area contributed by atoms with Crippen LogP contribution in [0.15, 0.2) is 102 Å². The van der Waals surface area contributed by atoms with Crippen LogP contribution in [0, 0.1) is 43.1 Å². The fraction of sp³-hybridized carbons (Fsp3) is 0.333. The Balaban J connectivity index is 0.000000194. The largest absolute Gasteiger partial charge is 0.501 e. The number of aromatic nitrogens is 2. The van der Waals surface area contributed by atoms with Crippen LogP contribution < -0.4 is 5.19 Å². The van der Waals surface area contributed by atoms with Gasteiger partial charge in [-0.3, -0.25) is 0 Å². The Kier molecular flexibility index (Phi) is 13.2. The molecule has 0 bridgehead atoms. The third-order valence-corrected chi connectivity index (χ3v) is 13.2. The van der Waals surface area contributed by atoms with E-state index < -0.39 is 8.07 Å². The first-order valence-electron chi connectivity index (χ1n) is 20.3. The second-order valence-corrected chi connectivity index (χ2v) is 23.1. The molecule has 57 heavy (non-hydrogen) atoms. The standard InChI is InChI=1S/C29H26NO.C22H29FNSi.Ir/c1-19-18-30-26(15-22(19)17-29(2,3)4)25-12-8-11-24-23-14-13-21(16-27(23)31-28(24)25)20-9-6-5-7-10-20;1-16-10-11-18(13-20(16)23)21-14-19(12-17-8-6-5-7-9-17)22(15-24-21)25(2,3)4;/h5-11,13-16,18H,17H2,1-4H3;10,13-15,17H,5-9,12H2,1-4H3;/q2*-1;. The van der Waals surface area contributed by atoms with E-state index in [1.165, 1.54) is 59.5 Å². The van der Waals surface area contributed by atoms with E-state index in [4.69, 9.17) is 9.40 Å². The SMILES string of the molecule is Cc1c[c-]c(-c2cc(CC3CCCCC3)c([Si](C)(C)C)cn2)cc1F.Cc1cnc(-c2[c-]ccc3c2oc2cc(-c4ccccc4)ccc23)cc1CC(C)(C)C.[Ir]. The summed E-state index contributed by atoms with van der Waals surface area (Å²) in [6.45, 7) is 17.8. The first kappa shape index (κ1) is 42.4. The van der Waals surface area contributed by atoms with Crippen LogP contribution in [0.25, 0.3) is 55.6 Å². The minimum atomic E-state index is -1.45. The molecule has 0 spiro atoms. The van der Waals surface area contributed by atoms with Gasteiger partial charge in [0.1, 0.15) is 5.58 Å². The Morgan fingerprint density at radius 2 is 1.49 bits per heavy atom. The maximum absolute atomic E-state index is 14.0. The molecule has 7 aromatic rings. The van der Waals surface area contributed by atoms with Crippen molar-refractivity contribution < 1.29 is 28.9 Å². The number of hydrogen-bond donors (Lipinski definition) is 0. The second-order valence-electron chi connectivity index (χ2n) is 18.1. The number of nitrogens with zero attached hydrogens (tertiary/aromatic N) is 2. The zero-order valence-electron chi connectivity index (χ0n) is 34.8. The Morgan fingerprint density at radius 3 is 2.19 bits per heavy atom. The molecule has 0 amide bonds. The molecule has 4 aromatic carbocycles. The van der Waals surface area contributed by atoms with E-state index in [0.29, 0.717) is 5.56 Å². The van der Waals surface area contributed by atoms with Crippen molar-refractivity contribution in [2.45, 2.75) is 99.2 Å². The summed E-state index contributed by atoms with van der Waals surface area (Å²) in [4.78, 5) is 9.41. The van der Waals surface area contributed by atoms with Gasteiger partial charge in [-0.2, -0.15) is 0 Å². The van der Waals surface area contributed by atoms with Crippen molar-refractivity contribution in [1.29, 1.82) is 0 Å². The Labute approximate surface area is 353 Å². The van der Waals surface area contributed by atoms with E-state index in [1.54, 1.807) is 19.1 Å². The van der Waals surface area contributed by atoms with Crippen LogP contribution in [-0.2, 0) is 32.9 Å². The van der Waals surface area contributed by atoms with Crippen molar-refractivity contribution in [3.63, 3.8) is 0 Å². The molecule has 1 saturated carbocycles. The predicted octanol–water partition coefficient (Wildman–Crippen LogP) is 13.7. The molecule has 0 saturated heterocycles. The molecule has 1 fully saturated rings. The van der Waals surface area contributed by atoms with E-state index in [9.17, 15) is 4.39 Å². The summed E-state index contributed by atoms with van der Waals surface area (Å²) in [6.07, 6.45) is 13.0. The summed E-state index contributed by atoms with van der Waals surface area (Å²) >= 11 is 0. The maximum Gasteiger partial charge on any atom is 0.121 e. The number of pyridine rings is 2. The molecule has 1 aliphatic rings. The molecule has 297 valence electrons. The Hall–Kier alpha value is -4.22. The molecule has 1 aliphatic carbocycles. The average molecular weight is 951 g/mol. The van der Waals surface area contributed by atoms with Gasteiger partial charge in [0, 0.05) is 43.7 Å². The van der Waals surface area contributed by atoms with Gasteiger partial charge in [-0.1, -0.05) is 162 Å². The summed E-state index contributed by atoms with van der Waals surface area (Å²) in [6, 6.07) is 35.2. The Bertz CT molecular complexity index is 2470.